The van der Waals surface area contributed by atoms with Crippen molar-refractivity contribution in [3.05, 3.63) is 11.1 Å². The molecule has 52 valence electrons. The minimum atomic E-state index is 1.14. The number of nitrogens with one attached hydrogen (secondary N) is 1. The number of rotatable bonds is 1. The third-order valence-electron chi connectivity index (χ3n) is 2.08. The molecule has 0 radical (unpaired) electrons. The molecule has 9 heavy (non-hydrogen) atoms. The molecule has 0 aromatic carbocycles. The molecular weight excluding hydrogens is 110 g/mol. The molecule has 0 unspecified atom stereocenters. The summed E-state index contributed by atoms with van der Waals surface area (Å²) in [5, 5.41) is 3.33. The summed E-state index contributed by atoms with van der Waals surface area (Å²) in [6, 6.07) is 0. The first kappa shape index (κ1) is 6.81. The fraction of sp³-hybridized carbons (Fsp3) is 0.750. The second-order valence-corrected chi connectivity index (χ2v) is 2.66. The van der Waals surface area contributed by atoms with Crippen molar-refractivity contribution in [3.63, 3.8) is 0 Å². The molecule has 0 amide bonds. The maximum atomic E-state index is 3.33. The lowest BCUT2D eigenvalue weighted by atomic mass is 10.1. The molecule has 1 fully saturated rings. The Bertz CT molecular complexity index is 117. The van der Waals surface area contributed by atoms with E-state index in [-0.39, 0.29) is 0 Å². The van der Waals surface area contributed by atoms with Gasteiger partial charge in [-0.05, 0) is 26.3 Å². The molecule has 0 aliphatic carbocycles. The molecule has 0 atom stereocenters. The van der Waals surface area contributed by atoms with Gasteiger partial charge in [0.05, 0.1) is 0 Å². The fourth-order valence-corrected chi connectivity index (χ4v) is 1.18. The summed E-state index contributed by atoms with van der Waals surface area (Å²) in [4.78, 5) is 0. The zero-order chi connectivity index (χ0) is 6.69. The van der Waals surface area contributed by atoms with Crippen LogP contribution in [-0.4, -0.2) is 13.1 Å². The zero-order valence-corrected chi connectivity index (χ0v) is 6.33. The summed E-state index contributed by atoms with van der Waals surface area (Å²) in [6.45, 7) is 6.79. The molecule has 1 nitrogen and oxygen atoms in total. The van der Waals surface area contributed by atoms with Gasteiger partial charge in [-0.15, -0.1) is 0 Å². The highest BCUT2D eigenvalue weighted by molar-refractivity contribution is 5.16. The van der Waals surface area contributed by atoms with E-state index in [4.69, 9.17) is 0 Å². The van der Waals surface area contributed by atoms with Crippen molar-refractivity contribution >= 4 is 0 Å². The molecule has 1 aliphatic heterocycles. The standard InChI is InChI=1S/C8H15N/c1-3-7(2)8-4-5-9-6-8/h9H,3-6H2,1-2H3. The molecule has 1 N–H and O–H groups in total. The number of allylic oxidation sites excluding steroid dienone is 1. The Labute approximate surface area is 57.1 Å². The van der Waals surface area contributed by atoms with Gasteiger partial charge in [0.15, 0.2) is 0 Å². The minimum absolute atomic E-state index is 1.14. The van der Waals surface area contributed by atoms with E-state index in [0.29, 0.717) is 0 Å². The normalized spacial score (nSPS) is 24.7. The summed E-state index contributed by atoms with van der Waals surface area (Å²) >= 11 is 0. The molecule has 1 heterocycles. The third kappa shape index (κ3) is 1.55. The molecule has 0 aromatic heterocycles. The highest BCUT2D eigenvalue weighted by Gasteiger charge is 2.06. The first-order valence-electron chi connectivity index (χ1n) is 3.72. The first-order chi connectivity index (χ1) is 4.34. The van der Waals surface area contributed by atoms with Gasteiger partial charge in [-0.1, -0.05) is 18.1 Å². The van der Waals surface area contributed by atoms with E-state index in [1.165, 1.54) is 19.4 Å². The summed E-state index contributed by atoms with van der Waals surface area (Å²) in [5.74, 6) is 0. The van der Waals surface area contributed by atoms with Gasteiger partial charge in [0.2, 0.25) is 0 Å². The molecule has 0 aromatic rings. The molecule has 1 rings (SSSR count). The fourth-order valence-electron chi connectivity index (χ4n) is 1.18. The molecule has 1 saturated heterocycles. The highest BCUT2D eigenvalue weighted by atomic mass is 14.9. The van der Waals surface area contributed by atoms with E-state index in [1.54, 1.807) is 11.1 Å². The predicted octanol–water partition coefficient (Wildman–Crippen LogP) is 1.71. The lowest BCUT2D eigenvalue weighted by Gasteiger charge is -1.99. The Morgan fingerprint density at radius 2 is 2.44 bits per heavy atom. The van der Waals surface area contributed by atoms with Crippen LogP contribution < -0.4 is 5.32 Å². The van der Waals surface area contributed by atoms with Crippen molar-refractivity contribution in [2.45, 2.75) is 26.7 Å². The molecule has 0 saturated carbocycles. The van der Waals surface area contributed by atoms with Gasteiger partial charge in [-0.25, -0.2) is 0 Å². The molecule has 0 spiro atoms. The van der Waals surface area contributed by atoms with E-state index >= 15 is 0 Å². The van der Waals surface area contributed by atoms with Gasteiger partial charge in [-0.2, -0.15) is 0 Å². The van der Waals surface area contributed by atoms with Gasteiger partial charge >= 0.3 is 0 Å². The predicted molar refractivity (Wildman–Crippen MR) is 40.5 cm³/mol. The third-order valence-corrected chi connectivity index (χ3v) is 2.08. The number of hydrogen-bond donors (Lipinski definition) is 1. The van der Waals surface area contributed by atoms with Crippen LogP contribution in [0.2, 0.25) is 0 Å². The van der Waals surface area contributed by atoms with Crippen LogP contribution in [0.4, 0.5) is 0 Å². The van der Waals surface area contributed by atoms with Gasteiger partial charge in [0.1, 0.15) is 0 Å². The van der Waals surface area contributed by atoms with Crippen molar-refractivity contribution in [1.82, 2.24) is 5.32 Å². The summed E-state index contributed by atoms with van der Waals surface area (Å²) in [7, 11) is 0. The van der Waals surface area contributed by atoms with Crippen LogP contribution in [0.15, 0.2) is 11.1 Å². The van der Waals surface area contributed by atoms with Crippen LogP contribution in [0.25, 0.3) is 0 Å². The Morgan fingerprint density at radius 3 is 2.89 bits per heavy atom. The Hall–Kier alpha value is -0.300. The zero-order valence-electron chi connectivity index (χ0n) is 6.33. The topological polar surface area (TPSA) is 12.0 Å². The summed E-state index contributed by atoms with van der Waals surface area (Å²) in [6.07, 6.45) is 2.50. The SMILES string of the molecule is CCC(C)=C1CCNC1. The van der Waals surface area contributed by atoms with Gasteiger partial charge in [0, 0.05) is 6.54 Å². The van der Waals surface area contributed by atoms with Crippen LogP contribution in [0, 0.1) is 0 Å². The van der Waals surface area contributed by atoms with Crippen LogP contribution in [-0.2, 0) is 0 Å². The summed E-state index contributed by atoms with van der Waals surface area (Å²) in [5.41, 5.74) is 3.22. The second-order valence-electron chi connectivity index (χ2n) is 2.66. The van der Waals surface area contributed by atoms with Crippen LogP contribution in [0.5, 0.6) is 0 Å². The van der Waals surface area contributed by atoms with E-state index < -0.39 is 0 Å². The lowest BCUT2D eigenvalue weighted by molar-refractivity contribution is 0.862. The Kier molecular flexibility index (Phi) is 2.29. The van der Waals surface area contributed by atoms with Crippen molar-refractivity contribution in [3.8, 4) is 0 Å². The Balaban J connectivity index is 2.55. The smallest absolute Gasteiger partial charge is 0.0167 e. The Morgan fingerprint density at radius 1 is 1.67 bits per heavy atom. The monoisotopic (exact) mass is 125 g/mol. The first-order valence-corrected chi connectivity index (χ1v) is 3.72. The van der Waals surface area contributed by atoms with Gasteiger partial charge in [-0.3, -0.25) is 0 Å². The van der Waals surface area contributed by atoms with E-state index in [1.807, 2.05) is 0 Å². The largest absolute Gasteiger partial charge is 0.313 e. The maximum Gasteiger partial charge on any atom is 0.0167 e. The maximum absolute atomic E-state index is 3.33. The molecule has 1 heteroatoms. The van der Waals surface area contributed by atoms with Crippen LogP contribution in [0.1, 0.15) is 26.7 Å². The van der Waals surface area contributed by atoms with E-state index in [9.17, 15) is 0 Å². The lowest BCUT2D eigenvalue weighted by Crippen LogP contribution is -2.05. The molecule has 1 aliphatic rings. The highest BCUT2D eigenvalue weighted by Crippen LogP contribution is 2.13. The van der Waals surface area contributed by atoms with Crippen molar-refractivity contribution in [2.24, 2.45) is 0 Å². The minimum Gasteiger partial charge on any atom is -0.313 e. The quantitative estimate of drug-likeness (QED) is 0.526. The van der Waals surface area contributed by atoms with E-state index in [2.05, 4.69) is 19.2 Å². The average molecular weight is 125 g/mol. The van der Waals surface area contributed by atoms with Crippen LogP contribution >= 0.6 is 0 Å². The van der Waals surface area contributed by atoms with Crippen molar-refractivity contribution in [2.75, 3.05) is 13.1 Å². The molecular formula is C8H15N. The van der Waals surface area contributed by atoms with Crippen molar-refractivity contribution < 1.29 is 0 Å². The van der Waals surface area contributed by atoms with Gasteiger partial charge in [0.25, 0.3) is 0 Å². The summed E-state index contributed by atoms with van der Waals surface area (Å²) < 4.78 is 0. The number of hydrogen-bond acceptors (Lipinski definition) is 1. The van der Waals surface area contributed by atoms with E-state index in [0.717, 1.165) is 6.54 Å². The van der Waals surface area contributed by atoms with Crippen LogP contribution in [0.3, 0.4) is 0 Å². The molecule has 0 bridgehead atoms. The second kappa shape index (κ2) is 3.02. The van der Waals surface area contributed by atoms with Crippen molar-refractivity contribution in [1.29, 1.82) is 0 Å². The van der Waals surface area contributed by atoms with Gasteiger partial charge < -0.3 is 5.32 Å². The average Bonchev–Trinajstić information content (AvgIpc) is 2.37.